The minimum atomic E-state index is -2.19. The number of aromatic nitrogens is 4. The number of anilines is 2. The predicted molar refractivity (Wildman–Crippen MR) is 83.3 cm³/mol. The van der Waals surface area contributed by atoms with E-state index in [1.165, 1.54) is 12.4 Å². The van der Waals surface area contributed by atoms with E-state index in [4.69, 9.17) is 51.1 Å². The van der Waals surface area contributed by atoms with Crippen LogP contribution < -0.4 is 53.2 Å². The molecule has 0 amide bonds. The van der Waals surface area contributed by atoms with Crippen molar-refractivity contribution < 1.29 is 77.6 Å². The molecule has 0 saturated carbocycles. The number of carboxylic acid groups (broad SMARTS) is 4. The van der Waals surface area contributed by atoms with Gasteiger partial charge in [-0.2, -0.15) is 19.6 Å². The van der Waals surface area contributed by atoms with Gasteiger partial charge in [-0.25, -0.2) is 9.97 Å². The van der Waals surface area contributed by atoms with Crippen molar-refractivity contribution in [3.8, 4) is 0 Å². The molecule has 18 nitrogen and oxygen atoms in total. The molecule has 2 aromatic rings. The molecule has 0 unspecified atom stereocenters. The van der Waals surface area contributed by atoms with Gasteiger partial charge in [-0.05, 0) is 0 Å². The Morgan fingerprint density at radius 3 is 1.00 bits per heavy atom. The zero-order valence-corrected chi connectivity index (χ0v) is 15.8. The van der Waals surface area contributed by atoms with Gasteiger partial charge in [-0.1, -0.05) is 0 Å². The van der Waals surface area contributed by atoms with Gasteiger partial charge in [0.2, 0.25) is 0 Å². The van der Waals surface area contributed by atoms with Crippen molar-refractivity contribution in [2.75, 3.05) is 11.5 Å². The molecule has 2 aromatic heterocycles. The summed E-state index contributed by atoms with van der Waals surface area (Å²) in [6.07, 6.45) is 2.96. The molecule has 31 heavy (non-hydrogen) atoms. The third-order valence-corrected chi connectivity index (χ3v) is 1.80. The monoisotopic (exact) mass is 499 g/mol. The Morgan fingerprint density at radius 1 is 0.677 bits per heavy atom. The van der Waals surface area contributed by atoms with Crippen LogP contribution in [-0.4, -0.2) is 44.8 Å². The van der Waals surface area contributed by atoms with Gasteiger partial charge >= 0.3 is 28.4 Å². The molecule has 177 valence electrons. The number of aliphatic carboxylic acids is 4. The zero-order valence-electron chi connectivity index (χ0n) is 14.8. The Labute approximate surface area is 180 Å². The van der Waals surface area contributed by atoms with Crippen molar-refractivity contribution in [3.05, 3.63) is 45.5 Å². The third kappa shape index (κ3) is 25.7. The molecule has 19 heteroatoms. The van der Waals surface area contributed by atoms with Crippen LogP contribution in [0.15, 0.2) is 34.1 Å². The summed E-state index contributed by atoms with van der Waals surface area (Å²) >= 11 is 0. The number of nitrogen functional groups attached to an aromatic ring is 2. The fraction of sp³-hybridized carbons (Fsp3) is 0. The van der Waals surface area contributed by atoms with Gasteiger partial charge in [0.25, 0.3) is 0 Å². The summed E-state index contributed by atoms with van der Waals surface area (Å²) in [6, 6.07) is 3.14. The van der Waals surface area contributed by atoms with E-state index in [1.807, 2.05) is 0 Å². The Hall–Kier alpha value is -4.32. The first-order valence-electron chi connectivity index (χ1n) is 6.44. The molecule has 0 atom stereocenters. The van der Waals surface area contributed by atoms with Crippen molar-refractivity contribution in [1.29, 1.82) is 0 Å². The van der Waals surface area contributed by atoms with Crippen LogP contribution in [0.25, 0.3) is 0 Å². The number of carbonyl (C=O) groups is 4. The molecule has 0 aliphatic heterocycles. The minimum absolute atomic E-state index is 0. The Balaban J connectivity index is -0.0000000950. The second-order valence-electron chi connectivity index (χ2n) is 3.92. The largest absolute Gasteiger partial charge is 2.00 e. The second-order valence-corrected chi connectivity index (χ2v) is 3.92. The standard InChI is InChI=1S/2C4H5N3O.2C2H2O4.Cu.2H2O/c2*5-3-1-2-6-4(8)7-3;2*3-1(4)2(5)6;;;/h2*1-2H,(H3,5,6,7,8);2*(H,3,4)(H,5,6);;2*1H2/q;;;;+2;;/p-2. The van der Waals surface area contributed by atoms with E-state index in [2.05, 4.69) is 19.9 Å². The number of carboxylic acids is 4. The maximum atomic E-state index is 10.3. The van der Waals surface area contributed by atoms with Crippen LogP contribution in [0.1, 0.15) is 0 Å². The molecule has 0 spiro atoms. The number of hydrogen-bond acceptors (Lipinski definition) is 12. The molecule has 12 N–H and O–H groups in total. The minimum Gasteiger partial charge on any atom is -0.543 e. The van der Waals surface area contributed by atoms with E-state index in [9.17, 15) is 9.59 Å². The molecule has 0 aliphatic carbocycles. The summed E-state index contributed by atoms with van der Waals surface area (Å²) in [5.74, 6) is -8.00. The van der Waals surface area contributed by atoms with Gasteiger partial charge in [0.1, 0.15) is 0 Å². The summed E-state index contributed by atoms with van der Waals surface area (Å²) in [7, 11) is 0. The average Bonchev–Trinajstić information content (AvgIpc) is 2.56. The summed E-state index contributed by atoms with van der Waals surface area (Å²) in [6.45, 7) is 0. The van der Waals surface area contributed by atoms with Gasteiger partial charge in [0.05, 0.1) is 36.3 Å². The number of carbonyl (C=O) groups excluding carboxylic acids is 4. The van der Waals surface area contributed by atoms with Crippen LogP contribution in [0, 0.1) is 0 Å². The summed E-state index contributed by atoms with van der Waals surface area (Å²) in [4.78, 5) is 65.7. The average molecular weight is 500 g/mol. The molecule has 0 fully saturated rings. The third-order valence-electron chi connectivity index (χ3n) is 1.80. The topological polar surface area (TPSA) is 370 Å². The molecular weight excluding hydrogens is 484 g/mol. The number of rotatable bonds is 0. The number of hydrogen-bond donors (Lipinski definition) is 4. The van der Waals surface area contributed by atoms with Crippen LogP contribution in [0.3, 0.4) is 0 Å². The van der Waals surface area contributed by atoms with E-state index in [-0.39, 0.29) is 39.4 Å². The Bertz CT molecular complexity index is 831. The van der Waals surface area contributed by atoms with Crippen molar-refractivity contribution in [2.24, 2.45) is 0 Å². The van der Waals surface area contributed by atoms with E-state index in [0.29, 0.717) is 11.6 Å². The van der Waals surface area contributed by atoms with Gasteiger partial charge in [-0.15, -0.1) is 0 Å². The van der Waals surface area contributed by atoms with Crippen molar-refractivity contribution in [1.82, 2.24) is 9.97 Å². The van der Waals surface area contributed by atoms with Gasteiger partial charge in [0, 0.05) is 12.1 Å². The summed E-state index contributed by atoms with van der Waals surface area (Å²) < 4.78 is 0. The van der Waals surface area contributed by atoms with Crippen molar-refractivity contribution in [2.45, 2.75) is 0 Å². The van der Waals surface area contributed by atoms with Crippen LogP contribution in [0.4, 0.5) is 11.6 Å². The quantitative estimate of drug-likeness (QED) is 0.193. The number of nitrogens with one attached hydrogen (secondary N) is 4. The van der Waals surface area contributed by atoms with Crippen LogP contribution in [-0.2, 0) is 36.2 Å². The summed E-state index contributed by atoms with van der Waals surface area (Å²) in [5.41, 5.74) is 9.79. The molecular formula is C12H16CuN6O12. The molecule has 0 aliphatic rings. The fourth-order valence-corrected chi connectivity index (χ4v) is 0.832. The first-order chi connectivity index (χ1) is 12.9. The van der Waals surface area contributed by atoms with Crippen LogP contribution in [0.5, 0.6) is 0 Å². The first kappa shape index (κ1) is 37.4. The summed E-state index contributed by atoms with van der Waals surface area (Å²) in [5, 5.41) is 35.7. The van der Waals surface area contributed by atoms with Crippen LogP contribution >= 0.6 is 0 Å². The Kier molecular flexibility index (Phi) is 24.7. The van der Waals surface area contributed by atoms with Crippen LogP contribution in [0.2, 0.25) is 0 Å². The normalized spacial score (nSPS) is 7.48. The number of nitrogens with two attached hydrogens (primary N) is 2. The SMILES string of the molecule is Nc1cc[nH+]c(=O)[nH]1.Nc1cc[nH+]c(=O)[nH]1.O.O.O=C([O-])C(=O)[O-].O=C([O-])C(=O)[O-].[Cu+2]. The van der Waals surface area contributed by atoms with Gasteiger partial charge < -0.3 is 62.0 Å². The molecule has 0 bridgehead atoms. The maximum Gasteiger partial charge on any atom is 2.00 e. The van der Waals surface area contributed by atoms with Gasteiger partial charge in [0.15, 0.2) is 11.6 Å². The van der Waals surface area contributed by atoms with E-state index in [0.717, 1.165) is 0 Å². The molecule has 1 radical (unpaired) electrons. The van der Waals surface area contributed by atoms with Gasteiger partial charge in [-0.3, -0.25) is 0 Å². The molecule has 2 rings (SSSR count). The number of aromatic amines is 4. The van der Waals surface area contributed by atoms with E-state index >= 15 is 0 Å². The maximum absolute atomic E-state index is 10.3. The van der Waals surface area contributed by atoms with E-state index in [1.54, 1.807) is 12.1 Å². The van der Waals surface area contributed by atoms with E-state index < -0.39 is 23.9 Å². The number of H-pyrrole nitrogens is 4. The smallest absolute Gasteiger partial charge is 0.543 e. The first-order valence-corrected chi connectivity index (χ1v) is 6.44. The Morgan fingerprint density at radius 2 is 0.903 bits per heavy atom. The zero-order chi connectivity index (χ0) is 22.3. The second kappa shape index (κ2) is 20.4. The van der Waals surface area contributed by atoms with Crippen molar-refractivity contribution >= 4 is 35.5 Å². The fourth-order valence-electron chi connectivity index (χ4n) is 0.832. The molecule has 0 aromatic carbocycles. The molecule has 2 heterocycles. The predicted octanol–water partition coefficient (Wildman–Crippen LogP) is -11.1. The van der Waals surface area contributed by atoms with Crippen molar-refractivity contribution in [3.63, 3.8) is 0 Å². The molecule has 0 saturated heterocycles.